The molecule has 0 bridgehead atoms. The third kappa shape index (κ3) is 4.81. The van der Waals surface area contributed by atoms with Crippen molar-refractivity contribution >= 4 is 23.5 Å². The number of nitriles is 1. The maximum absolute atomic E-state index is 8.97. The van der Waals surface area contributed by atoms with Gasteiger partial charge in [-0.3, -0.25) is 0 Å². The monoisotopic (exact) mass is 360 g/mol. The number of benzene rings is 2. The topological polar surface area (TPSA) is 45.9 Å². The molecule has 26 heavy (non-hydrogen) atoms. The van der Waals surface area contributed by atoms with Crippen molar-refractivity contribution in [2.24, 2.45) is 0 Å². The Bertz CT molecular complexity index is 951. The summed E-state index contributed by atoms with van der Waals surface area (Å²) in [6.45, 7) is 4.73. The van der Waals surface area contributed by atoms with E-state index in [1.165, 1.54) is 0 Å². The molecule has 0 aliphatic carbocycles. The lowest BCUT2D eigenvalue weighted by Crippen LogP contribution is -1.95. The summed E-state index contributed by atoms with van der Waals surface area (Å²) in [5, 5.41) is 12.1. The first-order valence-electron chi connectivity index (χ1n) is 8.49. The Labute approximate surface area is 158 Å². The smallest absolute Gasteiger partial charge is 0.120 e. The molecule has 0 aliphatic rings. The van der Waals surface area contributed by atoms with Crippen LogP contribution in [0.2, 0.25) is 0 Å². The summed E-state index contributed by atoms with van der Waals surface area (Å²) in [6, 6.07) is 17.6. The number of hydrogen-bond donors (Lipinski definition) is 0. The predicted molar refractivity (Wildman–Crippen MR) is 107 cm³/mol. The number of hydrogen-bond acceptors (Lipinski definition) is 4. The molecule has 4 heteroatoms. The van der Waals surface area contributed by atoms with Crippen molar-refractivity contribution in [3.05, 3.63) is 81.3 Å². The Morgan fingerprint density at radius 3 is 2.77 bits per heavy atom. The van der Waals surface area contributed by atoms with E-state index in [-0.39, 0.29) is 0 Å². The maximum Gasteiger partial charge on any atom is 0.120 e. The Morgan fingerprint density at radius 1 is 1.15 bits per heavy atom. The largest absolute Gasteiger partial charge is 0.489 e. The van der Waals surface area contributed by atoms with Crippen LogP contribution in [-0.2, 0) is 6.61 Å². The van der Waals surface area contributed by atoms with Gasteiger partial charge >= 0.3 is 0 Å². The number of thiazole rings is 1. The molecule has 0 unspecified atom stereocenters. The van der Waals surface area contributed by atoms with Crippen LogP contribution in [0, 0.1) is 11.3 Å². The molecule has 130 valence electrons. The highest BCUT2D eigenvalue weighted by atomic mass is 32.1. The normalized spacial score (nSPS) is 11.0. The Hall–Kier alpha value is -2.90. The third-order valence-electron chi connectivity index (χ3n) is 3.87. The molecule has 0 amide bonds. The lowest BCUT2D eigenvalue weighted by Gasteiger charge is -2.07. The number of ether oxygens (including phenoxy) is 1. The molecule has 2 aromatic carbocycles. The summed E-state index contributed by atoms with van der Waals surface area (Å²) < 4.78 is 5.86. The Kier molecular flexibility index (Phi) is 5.83. The van der Waals surface area contributed by atoms with Crippen LogP contribution in [0.25, 0.3) is 12.2 Å². The van der Waals surface area contributed by atoms with E-state index in [4.69, 9.17) is 10.00 Å². The quantitative estimate of drug-likeness (QED) is 0.551. The molecule has 3 aromatic rings. The van der Waals surface area contributed by atoms with Crippen LogP contribution < -0.4 is 4.74 Å². The van der Waals surface area contributed by atoms with E-state index >= 15 is 0 Å². The van der Waals surface area contributed by atoms with Crippen LogP contribution in [0.3, 0.4) is 0 Å². The number of nitrogens with zero attached hydrogens (tertiary/aromatic N) is 2. The van der Waals surface area contributed by atoms with Gasteiger partial charge in [-0.1, -0.05) is 44.2 Å². The van der Waals surface area contributed by atoms with Crippen LogP contribution in [-0.4, -0.2) is 4.98 Å². The Morgan fingerprint density at radius 2 is 2.00 bits per heavy atom. The summed E-state index contributed by atoms with van der Waals surface area (Å²) in [5.74, 6) is 1.25. The molecule has 3 nitrogen and oxygen atoms in total. The molecule has 1 heterocycles. The molecule has 3 rings (SSSR count). The minimum atomic E-state index is 0.437. The summed E-state index contributed by atoms with van der Waals surface area (Å²) in [6.07, 6.45) is 4.08. The first-order chi connectivity index (χ1) is 12.6. The van der Waals surface area contributed by atoms with Gasteiger partial charge in [0.25, 0.3) is 0 Å². The molecule has 0 aliphatic heterocycles. The summed E-state index contributed by atoms with van der Waals surface area (Å²) in [4.78, 5) is 4.61. The molecule has 0 N–H and O–H groups in total. The van der Waals surface area contributed by atoms with Crippen molar-refractivity contribution < 1.29 is 4.74 Å². The van der Waals surface area contributed by atoms with Crippen molar-refractivity contribution in [2.75, 3.05) is 0 Å². The second kappa shape index (κ2) is 8.46. The lowest BCUT2D eigenvalue weighted by molar-refractivity contribution is 0.306. The SMILES string of the molecule is CC(C)c1csc(/C=C/c2cccc(OCc3cccc(C#N)c3)c2)n1. The molecule has 1 aromatic heterocycles. The number of rotatable bonds is 6. The zero-order valence-electron chi connectivity index (χ0n) is 14.8. The maximum atomic E-state index is 8.97. The van der Waals surface area contributed by atoms with Gasteiger partial charge in [0.1, 0.15) is 17.4 Å². The molecular weight excluding hydrogens is 340 g/mol. The highest BCUT2D eigenvalue weighted by Gasteiger charge is 2.03. The average molecular weight is 360 g/mol. The third-order valence-corrected chi connectivity index (χ3v) is 4.70. The van der Waals surface area contributed by atoms with E-state index in [0.717, 1.165) is 27.6 Å². The first kappa shape index (κ1) is 17.9. The molecule has 0 saturated carbocycles. The minimum Gasteiger partial charge on any atom is -0.489 e. The molecule has 0 atom stereocenters. The first-order valence-corrected chi connectivity index (χ1v) is 9.37. The van der Waals surface area contributed by atoms with Crippen molar-refractivity contribution in [1.29, 1.82) is 5.26 Å². The van der Waals surface area contributed by atoms with Crippen LogP contribution in [0.5, 0.6) is 5.75 Å². The van der Waals surface area contributed by atoms with E-state index < -0.39 is 0 Å². The Balaban J connectivity index is 1.65. The predicted octanol–water partition coefficient (Wildman–Crippen LogP) is 5.89. The zero-order chi connectivity index (χ0) is 18.4. The molecule has 0 spiro atoms. The van der Waals surface area contributed by atoms with E-state index in [0.29, 0.717) is 18.1 Å². The molecular formula is C22H20N2OS. The summed E-state index contributed by atoms with van der Waals surface area (Å²) >= 11 is 1.66. The second-order valence-electron chi connectivity index (χ2n) is 6.27. The van der Waals surface area contributed by atoms with Gasteiger partial charge in [0.15, 0.2) is 0 Å². The fourth-order valence-corrected chi connectivity index (χ4v) is 3.29. The van der Waals surface area contributed by atoms with E-state index in [1.807, 2.05) is 54.6 Å². The van der Waals surface area contributed by atoms with Crippen LogP contribution >= 0.6 is 11.3 Å². The van der Waals surface area contributed by atoms with E-state index in [9.17, 15) is 0 Å². The lowest BCUT2D eigenvalue weighted by atomic mass is 10.1. The van der Waals surface area contributed by atoms with Crippen LogP contribution in [0.4, 0.5) is 0 Å². The van der Waals surface area contributed by atoms with Gasteiger partial charge < -0.3 is 4.74 Å². The highest BCUT2D eigenvalue weighted by molar-refractivity contribution is 7.10. The van der Waals surface area contributed by atoms with Gasteiger partial charge in [0, 0.05) is 5.38 Å². The minimum absolute atomic E-state index is 0.437. The van der Waals surface area contributed by atoms with Gasteiger partial charge in [-0.2, -0.15) is 5.26 Å². The van der Waals surface area contributed by atoms with Crippen molar-refractivity contribution in [3.63, 3.8) is 0 Å². The van der Waals surface area contributed by atoms with Crippen molar-refractivity contribution in [1.82, 2.24) is 4.98 Å². The van der Waals surface area contributed by atoms with Gasteiger partial charge in [0.2, 0.25) is 0 Å². The fraction of sp³-hybridized carbons (Fsp3) is 0.182. The summed E-state index contributed by atoms with van der Waals surface area (Å²) in [7, 11) is 0. The van der Waals surface area contributed by atoms with Crippen molar-refractivity contribution in [2.45, 2.75) is 26.4 Å². The van der Waals surface area contributed by atoms with Gasteiger partial charge in [-0.25, -0.2) is 4.98 Å². The van der Waals surface area contributed by atoms with E-state index in [2.05, 4.69) is 30.3 Å². The van der Waals surface area contributed by atoms with Crippen molar-refractivity contribution in [3.8, 4) is 11.8 Å². The average Bonchev–Trinajstić information content (AvgIpc) is 3.15. The standard InChI is InChI=1S/C22H20N2OS/c1-16(2)21-15-26-22(24-21)10-9-17-5-4-8-20(12-17)25-14-19-7-3-6-18(11-19)13-23/h3-12,15-16H,14H2,1-2H3/b10-9+. The zero-order valence-corrected chi connectivity index (χ0v) is 15.7. The van der Waals surface area contributed by atoms with Gasteiger partial charge in [-0.15, -0.1) is 11.3 Å². The van der Waals surface area contributed by atoms with Gasteiger partial charge in [-0.05, 0) is 47.4 Å². The molecule has 0 radical (unpaired) electrons. The van der Waals surface area contributed by atoms with Gasteiger partial charge in [0.05, 0.1) is 17.3 Å². The van der Waals surface area contributed by atoms with E-state index in [1.54, 1.807) is 17.4 Å². The molecule has 0 fully saturated rings. The summed E-state index contributed by atoms with van der Waals surface area (Å²) in [5.41, 5.74) is 3.82. The number of aromatic nitrogens is 1. The van der Waals surface area contributed by atoms with Crippen LogP contribution in [0.15, 0.2) is 53.9 Å². The van der Waals surface area contributed by atoms with Crippen LogP contribution in [0.1, 0.15) is 47.2 Å². The fourth-order valence-electron chi connectivity index (χ4n) is 2.42. The molecule has 0 saturated heterocycles. The highest BCUT2D eigenvalue weighted by Crippen LogP contribution is 2.21. The second-order valence-corrected chi connectivity index (χ2v) is 7.16.